The summed E-state index contributed by atoms with van der Waals surface area (Å²) in [5, 5.41) is 5.41. The summed E-state index contributed by atoms with van der Waals surface area (Å²) in [5.41, 5.74) is 1.55. The largest absolute Gasteiger partial charge is 0.321 e. The number of carbonyl (C=O) groups is 2. The van der Waals surface area contributed by atoms with Crippen molar-refractivity contribution in [3.8, 4) is 0 Å². The number of rotatable bonds is 4. The molecule has 0 fully saturated rings. The predicted octanol–water partition coefficient (Wildman–Crippen LogP) is 1.77. The fourth-order valence-corrected chi connectivity index (χ4v) is 1.91. The Labute approximate surface area is 137 Å². The molecular weight excluding hydrogens is 308 g/mol. The van der Waals surface area contributed by atoms with Crippen LogP contribution < -0.4 is 10.6 Å². The lowest BCUT2D eigenvalue weighted by atomic mass is 10.2. The molecule has 3 rings (SSSR count). The Morgan fingerprint density at radius 2 is 1.25 bits per heavy atom. The highest BCUT2D eigenvalue weighted by Crippen LogP contribution is 2.16. The molecule has 2 heterocycles. The first-order valence-electron chi connectivity index (χ1n) is 6.97. The van der Waals surface area contributed by atoms with Gasteiger partial charge in [0.2, 0.25) is 0 Å². The molecule has 0 aliphatic rings. The lowest BCUT2D eigenvalue weighted by Crippen LogP contribution is -2.15. The van der Waals surface area contributed by atoms with Gasteiger partial charge in [0.25, 0.3) is 11.8 Å². The van der Waals surface area contributed by atoms with Crippen LogP contribution in [-0.2, 0) is 0 Å². The normalized spacial score (nSPS) is 10.0. The van der Waals surface area contributed by atoms with Crippen molar-refractivity contribution in [3.05, 3.63) is 72.8 Å². The highest BCUT2D eigenvalue weighted by Gasteiger charge is 2.09. The maximum absolute atomic E-state index is 12.1. The van der Waals surface area contributed by atoms with Gasteiger partial charge in [0.15, 0.2) is 0 Å². The van der Waals surface area contributed by atoms with Crippen molar-refractivity contribution in [2.75, 3.05) is 10.6 Å². The number of carbonyl (C=O) groups excluding carboxylic acids is 2. The van der Waals surface area contributed by atoms with Crippen molar-refractivity contribution in [1.29, 1.82) is 0 Å². The van der Waals surface area contributed by atoms with Crippen molar-refractivity contribution in [3.63, 3.8) is 0 Å². The molecule has 0 spiro atoms. The van der Waals surface area contributed by atoms with Gasteiger partial charge in [-0.15, -0.1) is 0 Å². The van der Waals surface area contributed by atoms with E-state index in [0.29, 0.717) is 11.4 Å². The Kier molecular flexibility index (Phi) is 4.47. The third-order valence-electron chi connectivity index (χ3n) is 3.01. The number of hydrogen-bond acceptors (Lipinski definition) is 6. The Morgan fingerprint density at radius 3 is 1.67 bits per heavy atom. The van der Waals surface area contributed by atoms with Crippen LogP contribution in [0.15, 0.2) is 61.4 Å². The number of benzene rings is 1. The van der Waals surface area contributed by atoms with Gasteiger partial charge >= 0.3 is 0 Å². The number of anilines is 2. The average molecular weight is 320 g/mol. The van der Waals surface area contributed by atoms with Crippen LogP contribution in [0.1, 0.15) is 21.0 Å². The molecule has 0 saturated carbocycles. The highest BCUT2D eigenvalue weighted by molar-refractivity contribution is 6.05. The van der Waals surface area contributed by atoms with E-state index in [0.717, 1.165) is 0 Å². The van der Waals surface area contributed by atoms with E-state index in [1.165, 1.54) is 37.2 Å². The van der Waals surface area contributed by atoms with Crippen molar-refractivity contribution < 1.29 is 9.59 Å². The molecule has 2 aromatic heterocycles. The summed E-state index contributed by atoms with van der Waals surface area (Å²) in [6.07, 6.45) is 5.57. The van der Waals surface area contributed by atoms with Gasteiger partial charge in [-0.1, -0.05) is 6.07 Å². The summed E-state index contributed by atoms with van der Waals surface area (Å²) in [6.45, 7) is 0. The van der Waals surface area contributed by atoms with E-state index in [2.05, 4.69) is 30.6 Å². The topological polar surface area (TPSA) is 110 Å². The monoisotopic (exact) mass is 320 g/mol. The fraction of sp³-hybridized carbons (Fsp3) is 0. The van der Waals surface area contributed by atoms with E-state index in [9.17, 15) is 9.59 Å². The highest BCUT2D eigenvalue weighted by atomic mass is 16.2. The van der Waals surface area contributed by atoms with Gasteiger partial charge in [0.1, 0.15) is 24.0 Å². The van der Waals surface area contributed by atoms with E-state index >= 15 is 0 Å². The van der Waals surface area contributed by atoms with Gasteiger partial charge in [-0.3, -0.25) is 9.59 Å². The van der Waals surface area contributed by atoms with Crippen LogP contribution in [-0.4, -0.2) is 31.8 Å². The second-order valence-corrected chi connectivity index (χ2v) is 4.68. The van der Waals surface area contributed by atoms with Crippen LogP contribution in [0.5, 0.6) is 0 Å². The van der Waals surface area contributed by atoms with Gasteiger partial charge in [-0.25, -0.2) is 19.9 Å². The van der Waals surface area contributed by atoms with Crippen LogP contribution in [0.4, 0.5) is 11.4 Å². The van der Waals surface area contributed by atoms with Gasteiger partial charge in [0, 0.05) is 23.8 Å². The molecule has 118 valence electrons. The van der Waals surface area contributed by atoms with Crippen LogP contribution >= 0.6 is 0 Å². The van der Waals surface area contributed by atoms with Crippen LogP contribution in [0.2, 0.25) is 0 Å². The lowest BCUT2D eigenvalue weighted by molar-refractivity contribution is 0.101. The van der Waals surface area contributed by atoms with Crippen LogP contribution in [0, 0.1) is 0 Å². The predicted molar refractivity (Wildman–Crippen MR) is 86.4 cm³/mol. The summed E-state index contributed by atoms with van der Waals surface area (Å²) in [5.74, 6) is -0.728. The zero-order chi connectivity index (χ0) is 16.8. The Morgan fingerprint density at radius 1 is 0.750 bits per heavy atom. The van der Waals surface area contributed by atoms with Gasteiger partial charge in [0.05, 0.1) is 0 Å². The van der Waals surface area contributed by atoms with Crippen LogP contribution in [0.25, 0.3) is 0 Å². The second-order valence-electron chi connectivity index (χ2n) is 4.68. The fourth-order valence-electron chi connectivity index (χ4n) is 1.91. The van der Waals surface area contributed by atoms with Crippen molar-refractivity contribution >= 4 is 23.2 Å². The van der Waals surface area contributed by atoms with E-state index in [1.807, 2.05) is 0 Å². The molecule has 3 aromatic rings. The molecule has 0 aliphatic heterocycles. The van der Waals surface area contributed by atoms with Crippen molar-refractivity contribution in [1.82, 2.24) is 19.9 Å². The number of nitrogens with one attached hydrogen (secondary N) is 2. The molecule has 0 saturated heterocycles. The van der Waals surface area contributed by atoms with Crippen LogP contribution in [0.3, 0.4) is 0 Å². The maximum Gasteiger partial charge on any atom is 0.274 e. The number of aromatic nitrogens is 4. The minimum absolute atomic E-state index is 0.250. The molecule has 0 bridgehead atoms. The summed E-state index contributed by atoms with van der Waals surface area (Å²) in [6, 6.07) is 9.79. The van der Waals surface area contributed by atoms with Gasteiger partial charge in [-0.2, -0.15) is 0 Å². The first-order valence-corrected chi connectivity index (χ1v) is 6.97. The summed E-state index contributed by atoms with van der Waals surface area (Å²) < 4.78 is 0. The quantitative estimate of drug-likeness (QED) is 0.758. The van der Waals surface area contributed by atoms with E-state index in [4.69, 9.17) is 0 Å². The molecule has 0 unspecified atom stereocenters. The Bertz CT molecular complexity index is 786. The zero-order valence-electron chi connectivity index (χ0n) is 12.4. The Balaban J connectivity index is 1.70. The number of amides is 2. The van der Waals surface area contributed by atoms with Gasteiger partial charge in [-0.05, 0) is 30.3 Å². The smallest absolute Gasteiger partial charge is 0.274 e. The minimum Gasteiger partial charge on any atom is -0.321 e. The third kappa shape index (κ3) is 3.74. The Hall–Kier alpha value is -3.68. The molecule has 0 atom stereocenters. The summed E-state index contributed by atoms with van der Waals surface area (Å²) in [7, 11) is 0. The molecule has 1 aromatic carbocycles. The molecule has 8 heteroatoms. The third-order valence-corrected chi connectivity index (χ3v) is 3.01. The van der Waals surface area contributed by atoms with E-state index < -0.39 is 0 Å². The average Bonchev–Trinajstić information content (AvgIpc) is 2.63. The van der Waals surface area contributed by atoms with Gasteiger partial charge < -0.3 is 10.6 Å². The van der Waals surface area contributed by atoms with E-state index in [1.54, 1.807) is 24.3 Å². The van der Waals surface area contributed by atoms with Crippen molar-refractivity contribution in [2.45, 2.75) is 0 Å². The molecule has 0 aliphatic carbocycles. The second kappa shape index (κ2) is 7.05. The van der Waals surface area contributed by atoms with Crippen molar-refractivity contribution in [2.24, 2.45) is 0 Å². The molecule has 2 N–H and O–H groups in total. The molecular formula is C16H12N6O2. The number of nitrogens with zero attached hydrogens (tertiary/aromatic N) is 4. The lowest BCUT2D eigenvalue weighted by Gasteiger charge is -2.08. The molecule has 0 radical (unpaired) electrons. The first kappa shape index (κ1) is 15.2. The maximum atomic E-state index is 12.1. The first-order chi connectivity index (χ1) is 11.7. The molecule has 8 nitrogen and oxygen atoms in total. The van der Waals surface area contributed by atoms with E-state index in [-0.39, 0.29) is 23.2 Å². The standard InChI is InChI=1S/C16H12N6O2/c23-15(13-4-6-17-9-19-13)21-11-2-1-3-12(8-11)22-16(24)14-5-7-18-10-20-14/h1-10H,(H,21,23)(H,22,24). The number of hydrogen-bond donors (Lipinski definition) is 2. The summed E-state index contributed by atoms with van der Waals surface area (Å²) >= 11 is 0. The molecule has 2 amide bonds. The minimum atomic E-state index is -0.364. The molecule has 24 heavy (non-hydrogen) atoms. The zero-order valence-corrected chi connectivity index (χ0v) is 12.4. The SMILES string of the molecule is O=C(Nc1cccc(NC(=O)c2ccncn2)c1)c1ccncn1. The summed E-state index contributed by atoms with van der Waals surface area (Å²) in [4.78, 5) is 39.4.